The van der Waals surface area contributed by atoms with Gasteiger partial charge in [-0.3, -0.25) is 14.2 Å². The number of halogens is 2. The van der Waals surface area contributed by atoms with Gasteiger partial charge in [-0.15, -0.1) is 0 Å². The molecule has 0 saturated carbocycles. The second-order valence-electron chi connectivity index (χ2n) is 7.23. The molecule has 162 valence electrons. The minimum atomic E-state index is -2.91. The summed E-state index contributed by atoms with van der Waals surface area (Å²) < 4.78 is 27.5. The van der Waals surface area contributed by atoms with E-state index in [0.29, 0.717) is 29.8 Å². The highest BCUT2D eigenvalue weighted by Crippen LogP contribution is 2.35. The molecule has 0 amide bonds. The van der Waals surface area contributed by atoms with Crippen molar-refractivity contribution < 1.29 is 13.6 Å². The number of nitriles is 1. The lowest BCUT2D eigenvalue weighted by molar-refractivity contribution is 0.110. The maximum absolute atomic E-state index is 13.2. The molecule has 3 heterocycles. The van der Waals surface area contributed by atoms with Gasteiger partial charge in [0.15, 0.2) is 11.4 Å². The van der Waals surface area contributed by atoms with Crippen molar-refractivity contribution in [2.75, 3.05) is 11.4 Å². The van der Waals surface area contributed by atoms with Gasteiger partial charge in [0, 0.05) is 35.6 Å². The fourth-order valence-corrected chi connectivity index (χ4v) is 4.56. The molecule has 0 fully saturated rings. The normalized spacial score (nSPS) is 16.1. The van der Waals surface area contributed by atoms with Gasteiger partial charge < -0.3 is 4.90 Å². The number of rotatable bonds is 5. The summed E-state index contributed by atoms with van der Waals surface area (Å²) in [7, 11) is 0. The molecular weight excluding hydrogens is 434 g/mol. The Bertz CT molecular complexity index is 1280. The topological polar surface area (TPSA) is 79.0 Å². The van der Waals surface area contributed by atoms with Crippen molar-refractivity contribution in [2.24, 2.45) is 0 Å². The van der Waals surface area contributed by atoms with Crippen LogP contribution in [0.1, 0.15) is 51.7 Å². The summed E-state index contributed by atoms with van der Waals surface area (Å²) >= 11 is 1.32. The zero-order valence-corrected chi connectivity index (χ0v) is 17.6. The van der Waals surface area contributed by atoms with E-state index < -0.39 is 17.5 Å². The summed E-state index contributed by atoms with van der Waals surface area (Å²) in [4.78, 5) is 30.9. The van der Waals surface area contributed by atoms with E-state index in [0.717, 1.165) is 29.4 Å². The standard InChI is InChI=1S/C23H18F2N4O2S/c24-22(25)19-10-21(31)29(13-16(19)14-30)17-6-4-5-15(9-17)20-7-2-1-3-8-28(20)23-27-12-18(11-26)32-23/h1-2,4-6,9-10,12-14,20,22H,3,7-8H2. The van der Waals surface area contributed by atoms with Gasteiger partial charge in [0.05, 0.1) is 12.2 Å². The number of nitrogens with zero attached hydrogens (tertiary/aromatic N) is 4. The molecule has 1 aliphatic heterocycles. The monoisotopic (exact) mass is 452 g/mol. The van der Waals surface area contributed by atoms with Crippen molar-refractivity contribution in [1.82, 2.24) is 9.55 Å². The average Bonchev–Trinajstić information content (AvgIpc) is 3.15. The summed E-state index contributed by atoms with van der Waals surface area (Å²) in [5, 5.41) is 9.90. The van der Waals surface area contributed by atoms with E-state index in [-0.39, 0.29) is 11.6 Å². The Labute approximate surface area is 186 Å². The van der Waals surface area contributed by atoms with E-state index in [9.17, 15) is 18.4 Å². The van der Waals surface area contributed by atoms with Crippen molar-refractivity contribution in [1.29, 1.82) is 5.26 Å². The minimum absolute atomic E-state index is 0.0898. The number of alkyl halides is 2. The van der Waals surface area contributed by atoms with Gasteiger partial charge in [-0.25, -0.2) is 13.8 Å². The predicted molar refractivity (Wildman–Crippen MR) is 118 cm³/mol. The van der Waals surface area contributed by atoms with Crippen molar-refractivity contribution in [2.45, 2.75) is 25.3 Å². The quantitative estimate of drug-likeness (QED) is 0.410. The number of benzene rings is 1. The van der Waals surface area contributed by atoms with E-state index in [2.05, 4.69) is 28.1 Å². The number of thiazole rings is 1. The molecule has 1 atom stereocenters. The third-order valence-electron chi connectivity index (χ3n) is 5.30. The first kappa shape index (κ1) is 21.6. The zero-order valence-electron chi connectivity index (χ0n) is 16.8. The molecule has 2 aromatic heterocycles. The molecule has 1 unspecified atom stereocenters. The van der Waals surface area contributed by atoms with Gasteiger partial charge >= 0.3 is 0 Å². The lowest BCUT2D eigenvalue weighted by Gasteiger charge is -2.30. The number of hydrogen-bond donors (Lipinski definition) is 0. The maximum atomic E-state index is 13.2. The Morgan fingerprint density at radius 2 is 2.12 bits per heavy atom. The summed E-state index contributed by atoms with van der Waals surface area (Å²) in [5.74, 6) is 0. The first-order valence-electron chi connectivity index (χ1n) is 9.89. The van der Waals surface area contributed by atoms with E-state index >= 15 is 0 Å². The molecule has 0 N–H and O–H groups in total. The first-order chi connectivity index (χ1) is 15.5. The van der Waals surface area contributed by atoms with Gasteiger partial charge in [-0.2, -0.15) is 5.26 Å². The Kier molecular flexibility index (Phi) is 6.23. The third-order valence-corrected chi connectivity index (χ3v) is 6.24. The second-order valence-corrected chi connectivity index (χ2v) is 8.24. The van der Waals surface area contributed by atoms with Crippen LogP contribution in [0.15, 0.2) is 59.7 Å². The molecule has 0 aliphatic carbocycles. The van der Waals surface area contributed by atoms with Gasteiger partial charge in [0.1, 0.15) is 10.9 Å². The van der Waals surface area contributed by atoms with Crippen molar-refractivity contribution >= 4 is 22.8 Å². The molecule has 32 heavy (non-hydrogen) atoms. The molecule has 1 aromatic carbocycles. The molecule has 9 heteroatoms. The second kappa shape index (κ2) is 9.24. The highest BCUT2D eigenvalue weighted by atomic mass is 32.1. The molecule has 0 spiro atoms. The lowest BCUT2D eigenvalue weighted by Crippen LogP contribution is -2.28. The number of carbonyl (C=O) groups is 1. The summed E-state index contributed by atoms with van der Waals surface area (Å²) in [6.45, 7) is 0.710. The fraction of sp³-hybridized carbons (Fsp3) is 0.217. The molecule has 0 bridgehead atoms. The number of hydrogen-bond acceptors (Lipinski definition) is 6. The molecule has 0 radical (unpaired) electrons. The van der Waals surface area contributed by atoms with Crippen LogP contribution in [0.4, 0.5) is 13.9 Å². The molecule has 0 saturated heterocycles. The van der Waals surface area contributed by atoms with Crippen LogP contribution in [-0.2, 0) is 0 Å². The number of carbonyl (C=O) groups excluding carboxylic acids is 1. The van der Waals surface area contributed by atoms with Crippen molar-refractivity contribution in [3.05, 3.63) is 86.8 Å². The van der Waals surface area contributed by atoms with Crippen molar-refractivity contribution in [3.8, 4) is 11.8 Å². The predicted octanol–water partition coefficient (Wildman–Crippen LogP) is 4.81. The maximum Gasteiger partial charge on any atom is 0.264 e. The van der Waals surface area contributed by atoms with E-state index in [4.69, 9.17) is 5.26 Å². The smallest absolute Gasteiger partial charge is 0.264 e. The number of aromatic nitrogens is 2. The summed E-state index contributed by atoms with van der Waals surface area (Å²) in [6, 6.07) is 10.0. The average molecular weight is 452 g/mol. The SMILES string of the molecule is N#Cc1cnc(N2CCC=CCC2c2cccc(-n3cc(C=O)c(C(F)F)cc3=O)c2)s1. The Morgan fingerprint density at radius 3 is 2.84 bits per heavy atom. The van der Waals surface area contributed by atoms with Crippen LogP contribution in [0.25, 0.3) is 5.69 Å². The van der Waals surface area contributed by atoms with E-state index in [1.165, 1.54) is 15.9 Å². The van der Waals surface area contributed by atoms with Crippen LogP contribution in [0.5, 0.6) is 0 Å². The van der Waals surface area contributed by atoms with Crippen molar-refractivity contribution in [3.63, 3.8) is 0 Å². The van der Waals surface area contributed by atoms with Crippen LogP contribution in [0.2, 0.25) is 0 Å². The zero-order chi connectivity index (χ0) is 22.7. The number of anilines is 1. The van der Waals surface area contributed by atoms with E-state index in [1.54, 1.807) is 18.3 Å². The molecule has 6 nitrogen and oxygen atoms in total. The van der Waals surface area contributed by atoms with Gasteiger partial charge in [0.25, 0.3) is 12.0 Å². The van der Waals surface area contributed by atoms with Crippen LogP contribution >= 0.6 is 11.3 Å². The Balaban J connectivity index is 1.76. The van der Waals surface area contributed by atoms with Gasteiger partial charge in [-0.1, -0.05) is 35.6 Å². The van der Waals surface area contributed by atoms with Crippen LogP contribution < -0.4 is 10.5 Å². The molecule has 1 aliphatic rings. The minimum Gasteiger partial charge on any atom is -0.340 e. The highest BCUT2D eigenvalue weighted by molar-refractivity contribution is 7.16. The van der Waals surface area contributed by atoms with Crippen LogP contribution in [0.3, 0.4) is 0 Å². The third kappa shape index (κ3) is 4.22. The lowest BCUT2D eigenvalue weighted by atomic mass is 10.0. The largest absolute Gasteiger partial charge is 0.340 e. The first-order valence-corrected chi connectivity index (χ1v) is 10.7. The van der Waals surface area contributed by atoms with Gasteiger partial charge in [-0.05, 0) is 30.5 Å². The van der Waals surface area contributed by atoms with Crippen LogP contribution in [-0.4, -0.2) is 22.4 Å². The van der Waals surface area contributed by atoms with E-state index in [1.807, 2.05) is 12.1 Å². The fourth-order valence-electron chi connectivity index (χ4n) is 3.77. The van der Waals surface area contributed by atoms with Crippen LogP contribution in [0, 0.1) is 11.3 Å². The summed E-state index contributed by atoms with van der Waals surface area (Å²) in [5.41, 5.74) is -0.0636. The number of aldehydes is 1. The van der Waals surface area contributed by atoms with Gasteiger partial charge in [0.2, 0.25) is 0 Å². The molecule has 3 aromatic rings. The molecule has 4 rings (SSSR count). The summed E-state index contributed by atoms with van der Waals surface area (Å²) in [6.07, 6.45) is 5.83. The Hall–Kier alpha value is -3.64. The highest BCUT2D eigenvalue weighted by Gasteiger charge is 2.24. The Morgan fingerprint density at radius 1 is 1.28 bits per heavy atom. The molecular formula is C23H18F2N4O2S. The number of pyridine rings is 1.